The van der Waals surface area contributed by atoms with Crippen molar-refractivity contribution in [1.82, 2.24) is 15.2 Å². The van der Waals surface area contributed by atoms with Crippen molar-refractivity contribution in [2.75, 3.05) is 24.7 Å². The van der Waals surface area contributed by atoms with Crippen LogP contribution in [0.4, 0.5) is 4.79 Å². The van der Waals surface area contributed by atoms with Gasteiger partial charge in [0.15, 0.2) is 5.78 Å². The van der Waals surface area contributed by atoms with E-state index in [0.29, 0.717) is 29.0 Å². The Balaban J connectivity index is 1.81. The van der Waals surface area contributed by atoms with E-state index in [2.05, 4.69) is 10.3 Å². The molecule has 2 aliphatic rings. The Bertz CT molecular complexity index is 795. The van der Waals surface area contributed by atoms with Crippen LogP contribution in [0.25, 0.3) is 0 Å². The van der Waals surface area contributed by atoms with E-state index in [0.717, 1.165) is 10.7 Å². The van der Waals surface area contributed by atoms with Crippen LogP contribution in [0.1, 0.15) is 45.4 Å². The van der Waals surface area contributed by atoms with Crippen LogP contribution in [0.3, 0.4) is 0 Å². The van der Waals surface area contributed by atoms with Crippen molar-refractivity contribution in [2.24, 2.45) is 0 Å². The highest BCUT2D eigenvalue weighted by atomic mass is 32.2. The van der Waals surface area contributed by atoms with Crippen LogP contribution in [0, 0.1) is 13.8 Å². The van der Waals surface area contributed by atoms with Crippen molar-refractivity contribution in [3.8, 4) is 0 Å². The van der Waals surface area contributed by atoms with Gasteiger partial charge in [-0.1, -0.05) is 0 Å². The largest absolute Gasteiger partial charge is 0.462 e. The van der Waals surface area contributed by atoms with E-state index in [-0.39, 0.29) is 24.8 Å². The molecule has 3 amide bonds. The van der Waals surface area contributed by atoms with Crippen molar-refractivity contribution in [3.63, 3.8) is 0 Å². The minimum absolute atomic E-state index is 0.216. The molecule has 0 bridgehead atoms. The minimum atomic E-state index is -0.876. The Morgan fingerprint density at radius 2 is 2.04 bits per heavy atom. The Kier molecular flexibility index (Phi) is 4.83. The standard InChI is InChI=1S/C17H21N3O5S/c1-4-25-14(22)12-9(2)13(18-10(12)3)11(21)7-20-15(23)17(19-16(20)24)5-6-26-8-17/h18H,4-8H2,1-3H3,(H,19,24)/t17-/m0/s1. The molecule has 1 aromatic rings. The summed E-state index contributed by atoms with van der Waals surface area (Å²) in [4.78, 5) is 53.5. The van der Waals surface area contributed by atoms with Gasteiger partial charge in [0.2, 0.25) is 0 Å². The highest BCUT2D eigenvalue weighted by molar-refractivity contribution is 7.99. The number of aryl methyl sites for hydroxylation is 1. The number of urea groups is 1. The van der Waals surface area contributed by atoms with Gasteiger partial charge < -0.3 is 15.0 Å². The number of hydrogen-bond acceptors (Lipinski definition) is 6. The second-order valence-corrected chi connectivity index (χ2v) is 7.58. The third-order valence-electron chi connectivity index (χ3n) is 4.77. The maximum Gasteiger partial charge on any atom is 0.340 e. The number of imide groups is 1. The molecule has 3 rings (SSSR count). The maximum atomic E-state index is 12.7. The van der Waals surface area contributed by atoms with E-state index in [4.69, 9.17) is 4.74 Å². The molecule has 0 radical (unpaired) electrons. The normalized spacial score (nSPS) is 22.2. The number of ketones is 1. The monoisotopic (exact) mass is 379 g/mol. The Labute approximate surface area is 155 Å². The fourth-order valence-electron chi connectivity index (χ4n) is 3.41. The fraction of sp³-hybridized carbons (Fsp3) is 0.529. The highest BCUT2D eigenvalue weighted by Gasteiger charge is 2.53. The Hall–Kier alpha value is -2.29. The first-order valence-corrected chi connectivity index (χ1v) is 9.57. The summed E-state index contributed by atoms with van der Waals surface area (Å²) < 4.78 is 5.01. The number of carbonyl (C=O) groups is 4. The van der Waals surface area contributed by atoms with Gasteiger partial charge in [-0.05, 0) is 38.5 Å². The number of hydrogen-bond donors (Lipinski definition) is 2. The molecule has 1 atom stereocenters. The van der Waals surface area contributed by atoms with Gasteiger partial charge in [-0.25, -0.2) is 9.59 Å². The zero-order valence-corrected chi connectivity index (χ0v) is 15.7. The summed E-state index contributed by atoms with van der Waals surface area (Å²) in [5, 5.41) is 2.73. The van der Waals surface area contributed by atoms with E-state index in [9.17, 15) is 19.2 Å². The van der Waals surface area contributed by atoms with Crippen LogP contribution in [-0.4, -0.2) is 63.8 Å². The maximum absolute atomic E-state index is 12.7. The van der Waals surface area contributed by atoms with Gasteiger partial charge in [-0.3, -0.25) is 14.5 Å². The molecule has 3 heterocycles. The summed E-state index contributed by atoms with van der Waals surface area (Å²) in [6, 6.07) is -0.544. The van der Waals surface area contributed by atoms with Gasteiger partial charge in [0.1, 0.15) is 5.54 Å². The quantitative estimate of drug-likeness (QED) is 0.455. The molecular weight excluding hydrogens is 358 g/mol. The molecular formula is C17H21N3O5S. The van der Waals surface area contributed by atoms with Crippen molar-refractivity contribution >= 4 is 35.5 Å². The highest BCUT2D eigenvalue weighted by Crippen LogP contribution is 2.33. The van der Waals surface area contributed by atoms with Crippen LogP contribution < -0.4 is 5.32 Å². The van der Waals surface area contributed by atoms with Crippen molar-refractivity contribution in [3.05, 3.63) is 22.5 Å². The SMILES string of the molecule is CCOC(=O)c1c(C)[nH]c(C(=O)CN2C(=O)N[C@]3(CCSC3)C2=O)c1C. The van der Waals surface area contributed by atoms with E-state index < -0.39 is 23.3 Å². The second kappa shape index (κ2) is 6.79. The van der Waals surface area contributed by atoms with Gasteiger partial charge >= 0.3 is 12.0 Å². The van der Waals surface area contributed by atoms with Gasteiger partial charge in [0, 0.05) is 11.4 Å². The van der Waals surface area contributed by atoms with Crippen molar-refractivity contribution in [1.29, 1.82) is 0 Å². The second-order valence-electron chi connectivity index (χ2n) is 6.47. The molecule has 0 unspecified atom stereocenters. The number of aromatic amines is 1. The van der Waals surface area contributed by atoms with Crippen molar-refractivity contribution in [2.45, 2.75) is 32.7 Å². The average molecular weight is 379 g/mol. The number of rotatable bonds is 5. The summed E-state index contributed by atoms with van der Waals surface area (Å²) in [5.41, 5.74) is 0.636. The molecule has 2 saturated heterocycles. The third kappa shape index (κ3) is 2.90. The molecule has 2 fully saturated rings. The van der Waals surface area contributed by atoms with Gasteiger partial charge in [0.05, 0.1) is 24.4 Å². The molecule has 26 heavy (non-hydrogen) atoms. The summed E-state index contributed by atoms with van der Waals surface area (Å²) in [5.74, 6) is 0.0381. The lowest BCUT2D eigenvalue weighted by Gasteiger charge is -2.18. The van der Waals surface area contributed by atoms with Crippen LogP contribution >= 0.6 is 11.8 Å². The van der Waals surface area contributed by atoms with Gasteiger partial charge in [-0.2, -0.15) is 11.8 Å². The molecule has 2 N–H and O–H groups in total. The van der Waals surface area contributed by atoms with E-state index >= 15 is 0 Å². The number of nitrogens with zero attached hydrogens (tertiary/aromatic N) is 1. The molecule has 1 aromatic heterocycles. The number of thioether (sulfide) groups is 1. The molecule has 8 nitrogen and oxygen atoms in total. The van der Waals surface area contributed by atoms with Gasteiger partial charge in [0.25, 0.3) is 5.91 Å². The van der Waals surface area contributed by atoms with Crippen molar-refractivity contribution < 1.29 is 23.9 Å². The van der Waals surface area contributed by atoms with E-state index in [1.165, 1.54) is 0 Å². The molecule has 0 saturated carbocycles. The first-order chi connectivity index (χ1) is 12.3. The smallest absolute Gasteiger partial charge is 0.340 e. The molecule has 2 aliphatic heterocycles. The first-order valence-electron chi connectivity index (χ1n) is 8.42. The van der Waals surface area contributed by atoms with E-state index in [1.807, 2.05) is 0 Å². The first kappa shape index (κ1) is 18.5. The lowest BCUT2D eigenvalue weighted by atomic mass is 9.99. The molecule has 9 heteroatoms. The minimum Gasteiger partial charge on any atom is -0.462 e. The zero-order chi connectivity index (χ0) is 19.1. The Morgan fingerprint density at radius 1 is 1.31 bits per heavy atom. The number of aromatic nitrogens is 1. The average Bonchev–Trinajstić information content (AvgIpc) is 3.22. The fourth-order valence-corrected chi connectivity index (χ4v) is 4.74. The van der Waals surface area contributed by atoms with Crippen LogP contribution in [0.2, 0.25) is 0 Å². The number of H-pyrrole nitrogens is 1. The third-order valence-corrected chi connectivity index (χ3v) is 5.95. The number of carbonyl (C=O) groups excluding carboxylic acids is 4. The number of esters is 1. The number of nitrogens with one attached hydrogen (secondary N) is 2. The molecule has 0 aromatic carbocycles. The number of Topliss-reactive ketones (excluding diaryl/α,β-unsaturated/α-hetero) is 1. The zero-order valence-electron chi connectivity index (χ0n) is 14.9. The van der Waals surface area contributed by atoms with Crippen LogP contribution in [0.15, 0.2) is 0 Å². The summed E-state index contributed by atoms with van der Waals surface area (Å²) in [6.07, 6.45) is 0.570. The summed E-state index contributed by atoms with van der Waals surface area (Å²) in [7, 11) is 0. The summed E-state index contributed by atoms with van der Waals surface area (Å²) >= 11 is 1.60. The number of ether oxygens (including phenoxy) is 1. The number of amides is 3. The van der Waals surface area contributed by atoms with Crippen LogP contribution in [-0.2, 0) is 9.53 Å². The topological polar surface area (TPSA) is 109 Å². The Morgan fingerprint density at radius 3 is 2.65 bits per heavy atom. The predicted molar refractivity (Wildman–Crippen MR) is 95.5 cm³/mol. The predicted octanol–water partition coefficient (Wildman–Crippen LogP) is 1.42. The lowest BCUT2D eigenvalue weighted by Crippen LogP contribution is -2.47. The van der Waals surface area contributed by atoms with Gasteiger partial charge in [-0.15, -0.1) is 0 Å². The summed E-state index contributed by atoms with van der Waals surface area (Å²) in [6.45, 7) is 4.89. The molecule has 0 aliphatic carbocycles. The van der Waals surface area contributed by atoms with E-state index in [1.54, 1.807) is 32.5 Å². The lowest BCUT2D eigenvalue weighted by molar-refractivity contribution is -0.130. The molecule has 1 spiro atoms. The van der Waals surface area contributed by atoms with Crippen LogP contribution in [0.5, 0.6) is 0 Å². The molecule has 140 valence electrons.